The van der Waals surface area contributed by atoms with E-state index < -0.39 is 35.4 Å². The lowest BCUT2D eigenvalue weighted by molar-refractivity contribution is -0.143. The van der Waals surface area contributed by atoms with Gasteiger partial charge in [0.25, 0.3) is 6.43 Å². The molecule has 0 aliphatic carbocycles. The van der Waals surface area contributed by atoms with Gasteiger partial charge in [0.2, 0.25) is 0 Å². The first kappa shape index (κ1) is 16.4. The highest BCUT2D eigenvalue weighted by Crippen LogP contribution is 2.36. The smallest absolute Gasteiger partial charge is 0.407 e. The maximum Gasteiger partial charge on any atom is 0.435 e. The highest BCUT2D eigenvalue weighted by molar-refractivity contribution is 6.35. The van der Waals surface area contributed by atoms with Crippen molar-refractivity contribution in [3.8, 4) is 11.3 Å². The number of nitrogens with zero attached hydrogens (tertiary/aromatic N) is 2. The maximum atomic E-state index is 13.0. The van der Waals surface area contributed by atoms with Crippen LogP contribution in [0.1, 0.15) is 17.8 Å². The summed E-state index contributed by atoms with van der Waals surface area (Å²) in [5, 5.41) is 0.0906. The molecule has 5 nitrogen and oxygen atoms in total. The quantitative estimate of drug-likeness (QED) is 0.691. The highest BCUT2D eigenvalue weighted by atomic mass is 35.5. The number of hydrogen-bond donors (Lipinski definition) is 1. The Morgan fingerprint density at radius 1 is 1.25 bits per heavy atom. The number of alkyl halides is 5. The zero-order valence-electron chi connectivity index (χ0n) is 11.3. The topological polar surface area (TPSA) is 71.8 Å². The van der Waals surface area contributed by atoms with Gasteiger partial charge < -0.3 is 4.42 Å². The van der Waals surface area contributed by atoms with E-state index in [-0.39, 0.29) is 21.7 Å². The molecule has 0 amide bonds. The zero-order valence-corrected chi connectivity index (χ0v) is 12.0. The second-order valence-electron chi connectivity index (χ2n) is 4.60. The van der Waals surface area contributed by atoms with Crippen LogP contribution in [0.25, 0.3) is 22.4 Å². The summed E-state index contributed by atoms with van der Waals surface area (Å²) in [6.45, 7) is 0. The first-order valence-corrected chi connectivity index (χ1v) is 6.60. The molecule has 3 aromatic rings. The Hall–Kier alpha value is -2.49. The third kappa shape index (κ3) is 2.73. The monoisotopic (exact) mass is 365 g/mol. The van der Waals surface area contributed by atoms with Gasteiger partial charge in [-0.2, -0.15) is 13.2 Å². The third-order valence-electron chi connectivity index (χ3n) is 3.08. The number of fused-ring (bicyclic) bond motifs is 1. The van der Waals surface area contributed by atoms with E-state index in [1.807, 2.05) is 0 Å². The summed E-state index contributed by atoms with van der Waals surface area (Å²) in [6.07, 6.45) is -7.83. The van der Waals surface area contributed by atoms with Crippen LogP contribution in [0.15, 0.2) is 27.5 Å². The van der Waals surface area contributed by atoms with Gasteiger partial charge in [0, 0.05) is 5.56 Å². The fourth-order valence-corrected chi connectivity index (χ4v) is 2.30. The van der Waals surface area contributed by atoms with Crippen molar-refractivity contribution in [2.24, 2.45) is 0 Å². The molecule has 0 fully saturated rings. The summed E-state index contributed by atoms with van der Waals surface area (Å²) in [5.41, 5.74) is -3.84. The van der Waals surface area contributed by atoms with Crippen LogP contribution in [-0.4, -0.2) is 15.0 Å². The number of aromatic nitrogens is 3. The van der Waals surface area contributed by atoms with Crippen molar-refractivity contribution < 1.29 is 26.4 Å². The predicted molar refractivity (Wildman–Crippen MR) is 72.8 cm³/mol. The summed E-state index contributed by atoms with van der Waals surface area (Å²) in [4.78, 5) is 20.0. The molecule has 0 bridgehead atoms. The van der Waals surface area contributed by atoms with Crippen molar-refractivity contribution in [2.75, 3.05) is 0 Å². The first-order chi connectivity index (χ1) is 11.2. The molecule has 1 aromatic carbocycles. The van der Waals surface area contributed by atoms with Gasteiger partial charge in [0.05, 0.1) is 16.9 Å². The molecule has 0 aliphatic rings. The maximum absolute atomic E-state index is 13.0. The molecular weight excluding hydrogens is 361 g/mol. The van der Waals surface area contributed by atoms with Crippen molar-refractivity contribution in [1.29, 1.82) is 0 Å². The van der Waals surface area contributed by atoms with E-state index in [1.54, 1.807) is 0 Å². The summed E-state index contributed by atoms with van der Waals surface area (Å²) < 4.78 is 69.1. The van der Waals surface area contributed by atoms with Gasteiger partial charge in [-0.3, -0.25) is 9.97 Å². The second kappa shape index (κ2) is 5.55. The van der Waals surface area contributed by atoms with Crippen LogP contribution >= 0.6 is 11.6 Å². The van der Waals surface area contributed by atoms with Crippen LogP contribution < -0.4 is 5.76 Å². The molecule has 0 saturated heterocycles. The lowest BCUT2D eigenvalue weighted by Crippen LogP contribution is -2.14. The standard InChI is InChI=1S/C13H5ClF5N3O2/c14-5-2-1-4(9-7(5)22-12(23)24-9)6-3-20-8(11(15)16)10(21-6)13(17,18)19/h1-3,11H,(H,22,23). The molecule has 1 N–H and O–H groups in total. The average Bonchev–Trinajstić information content (AvgIpc) is 2.88. The van der Waals surface area contributed by atoms with Crippen LogP contribution in [0, 0.1) is 0 Å². The molecule has 0 saturated carbocycles. The highest BCUT2D eigenvalue weighted by Gasteiger charge is 2.39. The number of aromatic amines is 1. The number of hydrogen-bond acceptors (Lipinski definition) is 4. The summed E-state index contributed by atoms with van der Waals surface area (Å²) in [7, 11) is 0. The minimum atomic E-state index is -5.13. The SMILES string of the molecule is O=c1[nH]c2c(Cl)ccc(-c3cnc(C(F)F)c(C(F)(F)F)n3)c2o1. The zero-order chi connectivity index (χ0) is 17.6. The van der Waals surface area contributed by atoms with Gasteiger partial charge in [-0.15, -0.1) is 0 Å². The number of halogens is 6. The Labute approximate surface area is 134 Å². The Morgan fingerprint density at radius 3 is 2.58 bits per heavy atom. The molecule has 0 atom stereocenters. The van der Waals surface area contributed by atoms with E-state index in [0.29, 0.717) is 0 Å². The Bertz CT molecular complexity index is 980. The van der Waals surface area contributed by atoms with E-state index in [2.05, 4.69) is 15.0 Å². The fourth-order valence-electron chi connectivity index (χ4n) is 2.10. The van der Waals surface area contributed by atoms with E-state index in [4.69, 9.17) is 16.0 Å². The Morgan fingerprint density at radius 2 is 1.96 bits per heavy atom. The molecule has 11 heteroatoms. The summed E-state index contributed by atoms with van der Waals surface area (Å²) in [6, 6.07) is 2.54. The second-order valence-corrected chi connectivity index (χ2v) is 5.01. The third-order valence-corrected chi connectivity index (χ3v) is 3.40. The van der Waals surface area contributed by atoms with Gasteiger partial charge in [-0.25, -0.2) is 18.6 Å². The van der Waals surface area contributed by atoms with E-state index in [1.165, 1.54) is 12.1 Å². The fraction of sp³-hybridized carbons (Fsp3) is 0.154. The van der Waals surface area contributed by atoms with Gasteiger partial charge in [-0.1, -0.05) is 11.6 Å². The van der Waals surface area contributed by atoms with Crippen molar-refractivity contribution in [1.82, 2.24) is 15.0 Å². The molecule has 3 rings (SSSR count). The van der Waals surface area contributed by atoms with E-state index in [0.717, 1.165) is 6.20 Å². The van der Waals surface area contributed by atoms with Crippen LogP contribution in [-0.2, 0) is 6.18 Å². The minimum absolute atomic E-state index is 0.0486. The predicted octanol–water partition coefficient (Wildman–Crippen LogP) is 4.19. The molecule has 0 spiro atoms. The lowest BCUT2D eigenvalue weighted by Gasteiger charge is -2.12. The van der Waals surface area contributed by atoms with E-state index >= 15 is 0 Å². The first-order valence-electron chi connectivity index (χ1n) is 6.22. The molecule has 0 unspecified atom stereocenters. The largest absolute Gasteiger partial charge is 0.435 e. The molecule has 24 heavy (non-hydrogen) atoms. The van der Waals surface area contributed by atoms with Crippen molar-refractivity contribution in [3.63, 3.8) is 0 Å². The number of oxazole rings is 1. The van der Waals surface area contributed by atoms with Crippen LogP contribution in [0.2, 0.25) is 5.02 Å². The normalized spacial score (nSPS) is 12.3. The van der Waals surface area contributed by atoms with Gasteiger partial charge in [0.1, 0.15) is 11.2 Å². The lowest BCUT2D eigenvalue weighted by atomic mass is 10.1. The van der Waals surface area contributed by atoms with Gasteiger partial charge in [-0.05, 0) is 12.1 Å². The van der Waals surface area contributed by atoms with Crippen molar-refractivity contribution >= 4 is 22.7 Å². The molecule has 0 radical (unpaired) electrons. The molecule has 2 heterocycles. The molecule has 2 aromatic heterocycles. The van der Waals surface area contributed by atoms with Gasteiger partial charge in [0.15, 0.2) is 11.3 Å². The van der Waals surface area contributed by atoms with E-state index in [9.17, 15) is 26.7 Å². The number of rotatable bonds is 2. The number of H-pyrrole nitrogens is 1. The summed E-state index contributed by atoms with van der Waals surface area (Å²) in [5.74, 6) is -0.882. The molecule has 126 valence electrons. The molecule has 0 aliphatic heterocycles. The van der Waals surface area contributed by atoms with Crippen molar-refractivity contribution in [3.05, 3.63) is 45.3 Å². The van der Waals surface area contributed by atoms with Crippen molar-refractivity contribution in [2.45, 2.75) is 12.6 Å². The molecular formula is C13H5ClF5N3O2. The van der Waals surface area contributed by atoms with Crippen LogP contribution in [0.4, 0.5) is 22.0 Å². The summed E-state index contributed by atoms with van der Waals surface area (Å²) >= 11 is 5.86. The Balaban J connectivity index is 2.28. The van der Waals surface area contributed by atoms with Gasteiger partial charge >= 0.3 is 11.9 Å². The van der Waals surface area contributed by atoms with Crippen LogP contribution in [0.3, 0.4) is 0 Å². The minimum Gasteiger partial charge on any atom is -0.407 e. The number of benzene rings is 1. The number of nitrogens with one attached hydrogen (secondary N) is 1. The average molecular weight is 366 g/mol. The van der Waals surface area contributed by atoms with Crippen LogP contribution in [0.5, 0.6) is 0 Å². The Kier molecular flexibility index (Phi) is 3.78.